The Balaban J connectivity index is 2.32. The van der Waals surface area contributed by atoms with Gasteiger partial charge in [0.15, 0.2) is 0 Å². The zero-order valence-electron chi connectivity index (χ0n) is 10.4. The Morgan fingerprint density at radius 2 is 2.00 bits per heavy atom. The molecule has 2 N–H and O–H groups in total. The Morgan fingerprint density at radius 1 is 1.21 bits per heavy atom. The van der Waals surface area contributed by atoms with Crippen LogP contribution >= 0.6 is 31.9 Å². The van der Waals surface area contributed by atoms with E-state index in [1.54, 1.807) is 26.4 Å². The summed E-state index contributed by atoms with van der Waals surface area (Å²) in [5.74, 6) is 2.00. The summed E-state index contributed by atoms with van der Waals surface area (Å²) < 4.78 is 7.06. The average molecular weight is 388 g/mol. The normalized spacial score (nSPS) is 10.1. The molecule has 0 spiro atoms. The van der Waals surface area contributed by atoms with Crippen molar-refractivity contribution in [2.24, 2.45) is 0 Å². The maximum absolute atomic E-state index is 5.27. The lowest BCUT2D eigenvalue weighted by molar-refractivity contribution is 0.412. The molecule has 2 rings (SSSR count). The summed E-state index contributed by atoms with van der Waals surface area (Å²) in [6.45, 7) is 0. The molecule has 0 saturated heterocycles. The zero-order valence-corrected chi connectivity index (χ0v) is 13.5. The van der Waals surface area contributed by atoms with Gasteiger partial charge in [0.05, 0.1) is 17.3 Å². The van der Waals surface area contributed by atoms with Gasteiger partial charge in [-0.1, -0.05) is 0 Å². The van der Waals surface area contributed by atoms with E-state index in [4.69, 9.17) is 4.74 Å². The van der Waals surface area contributed by atoms with Gasteiger partial charge in [0.2, 0.25) is 5.95 Å². The van der Waals surface area contributed by atoms with Crippen LogP contribution in [0.5, 0.6) is 5.75 Å². The number of rotatable bonds is 4. The Morgan fingerprint density at radius 3 is 2.68 bits per heavy atom. The van der Waals surface area contributed by atoms with Gasteiger partial charge in [-0.3, -0.25) is 0 Å². The van der Waals surface area contributed by atoms with Gasteiger partial charge in [-0.15, -0.1) is 0 Å². The summed E-state index contributed by atoms with van der Waals surface area (Å²) in [4.78, 5) is 8.36. The number of methoxy groups -OCH3 is 1. The van der Waals surface area contributed by atoms with Crippen LogP contribution in [0.4, 0.5) is 17.5 Å². The molecular weight excluding hydrogens is 376 g/mol. The monoisotopic (exact) mass is 386 g/mol. The second kappa shape index (κ2) is 6.21. The lowest BCUT2D eigenvalue weighted by Crippen LogP contribution is -2.00. The molecule has 0 radical (unpaired) electrons. The predicted octanol–water partition coefficient (Wildman–Crippen LogP) is 3.80. The SMILES string of the molecule is CNc1nccc(Nc2cc(OC)c(Br)cc2Br)n1. The van der Waals surface area contributed by atoms with E-state index in [-0.39, 0.29) is 0 Å². The number of hydrogen-bond acceptors (Lipinski definition) is 5. The van der Waals surface area contributed by atoms with Crippen molar-refractivity contribution in [3.63, 3.8) is 0 Å². The van der Waals surface area contributed by atoms with Gasteiger partial charge in [0, 0.05) is 23.8 Å². The number of nitrogens with one attached hydrogen (secondary N) is 2. The van der Waals surface area contributed by atoms with Gasteiger partial charge in [0.1, 0.15) is 11.6 Å². The summed E-state index contributed by atoms with van der Waals surface area (Å²) in [7, 11) is 3.40. The number of hydrogen-bond donors (Lipinski definition) is 2. The fourth-order valence-electron chi connectivity index (χ4n) is 1.47. The van der Waals surface area contributed by atoms with Gasteiger partial charge in [-0.25, -0.2) is 4.98 Å². The summed E-state index contributed by atoms with van der Waals surface area (Å²) in [5.41, 5.74) is 0.862. The van der Waals surface area contributed by atoms with E-state index in [0.717, 1.165) is 20.4 Å². The van der Waals surface area contributed by atoms with Crippen molar-refractivity contribution in [2.75, 3.05) is 24.8 Å². The first-order valence-corrected chi connectivity index (χ1v) is 7.03. The Bertz CT molecular complexity index is 592. The molecule has 0 amide bonds. The first-order chi connectivity index (χ1) is 9.13. The van der Waals surface area contributed by atoms with E-state index in [2.05, 4.69) is 52.5 Å². The molecule has 0 fully saturated rings. The highest BCUT2D eigenvalue weighted by molar-refractivity contribution is 9.11. The lowest BCUT2D eigenvalue weighted by atomic mass is 10.3. The molecule has 2 aromatic rings. The highest BCUT2D eigenvalue weighted by Gasteiger charge is 2.08. The van der Waals surface area contributed by atoms with Crippen LogP contribution in [0.3, 0.4) is 0 Å². The molecule has 100 valence electrons. The third kappa shape index (κ3) is 3.36. The largest absolute Gasteiger partial charge is 0.495 e. The molecule has 0 bridgehead atoms. The van der Waals surface area contributed by atoms with Crippen LogP contribution < -0.4 is 15.4 Å². The van der Waals surface area contributed by atoms with Crippen LogP contribution in [0.25, 0.3) is 0 Å². The van der Waals surface area contributed by atoms with Crippen molar-refractivity contribution in [1.82, 2.24) is 9.97 Å². The standard InChI is InChI=1S/C12H12Br2N4O/c1-15-12-16-4-3-11(18-12)17-9-6-10(19-2)8(14)5-7(9)13/h3-6H,1-2H3,(H2,15,16,17,18). The highest BCUT2D eigenvalue weighted by atomic mass is 79.9. The number of ether oxygens (including phenoxy) is 1. The predicted molar refractivity (Wildman–Crippen MR) is 83.3 cm³/mol. The van der Waals surface area contributed by atoms with Gasteiger partial charge >= 0.3 is 0 Å². The summed E-state index contributed by atoms with van der Waals surface area (Å²) >= 11 is 6.93. The zero-order chi connectivity index (χ0) is 13.8. The number of aromatic nitrogens is 2. The van der Waals surface area contributed by atoms with E-state index in [1.807, 2.05) is 12.1 Å². The number of anilines is 3. The van der Waals surface area contributed by atoms with Gasteiger partial charge in [0.25, 0.3) is 0 Å². The van der Waals surface area contributed by atoms with Crippen LogP contribution in [-0.2, 0) is 0 Å². The van der Waals surface area contributed by atoms with Crippen LogP contribution in [0.1, 0.15) is 0 Å². The van der Waals surface area contributed by atoms with Crippen LogP contribution in [0.2, 0.25) is 0 Å². The molecule has 1 heterocycles. The maximum atomic E-state index is 5.27. The number of nitrogens with zero attached hydrogens (tertiary/aromatic N) is 2. The second-order valence-corrected chi connectivity index (χ2v) is 5.32. The lowest BCUT2D eigenvalue weighted by Gasteiger charge is -2.11. The van der Waals surface area contributed by atoms with Crippen molar-refractivity contribution in [1.29, 1.82) is 0 Å². The van der Waals surface area contributed by atoms with E-state index < -0.39 is 0 Å². The molecule has 0 unspecified atom stereocenters. The quantitative estimate of drug-likeness (QED) is 0.835. The smallest absolute Gasteiger partial charge is 0.224 e. The molecule has 0 aliphatic carbocycles. The maximum Gasteiger partial charge on any atom is 0.224 e. The number of halogens is 2. The minimum atomic E-state index is 0.560. The van der Waals surface area contributed by atoms with Crippen LogP contribution in [0, 0.1) is 0 Å². The summed E-state index contributed by atoms with van der Waals surface area (Å²) in [5, 5.41) is 6.10. The van der Waals surface area contributed by atoms with Crippen LogP contribution in [0.15, 0.2) is 33.3 Å². The molecular formula is C12H12Br2N4O. The van der Waals surface area contributed by atoms with Crippen molar-refractivity contribution in [3.05, 3.63) is 33.3 Å². The molecule has 0 aliphatic heterocycles. The van der Waals surface area contributed by atoms with Gasteiger partial charge < -0.3 is 15.4 Å². The first-order valence-electron chi connectivity index (χ1n) is 5.45. The summed E-state index contributed by atoms with van der Waals surface area (Å²) in [6.07, 6.45) is 1.69. The average Bonchev–Trinajstić information content (AvgIpc) is 2.42. The Hall–Kier alpha value is -1.34. The molecule has 19 heavy (non-hydrogen) atoms. The second-order valence-electron chi connectivity index (χ2n) is 3.61. The van der Waals surface area contributed by atoms with Crippen molar-refractivity contribution < 1.29 is 4.74 Å². The summed E-state index contributed by atoms with van der Waals surface area (Å²) in [6, 6.07) is 5.60. The van der Waals surface area contributed by atoms with Crippen molar-refractivity contribution in [3.8, 4) is 5.75 Å². The minimum absolute atomic E-state index is 0.560. The number of benzene rings is 1. The molecule has 7 heteroatoms. The topological polar surface area (TPSA) is 59.1 Å². The van der Waals surface area contributed by atoms with E-state index in [0.29, 0.717) is 11.8 Å². The van der Waals surface area contributed by atoms with Crippen molar-refractivity contribution in [2.45, 2.75) is 0 Å². The van der Waals surface area contributed by atoms with E-state index >= 15 is 0 Å². The molecule has 1 aromatic carbocycles. The third-order valence-corrected chi connectivity index (χ3v) is 3.66. The molecule has 0 aliphatic rings. The molecule has 0 saturated carbocycles. The third-order valence-electron chi connectivity index (χ3n) is 2.38. The Labute approximate surface area is 128 Å². The first kappa shape index (κ1) is 14.1. The highest BCUT2D eigenvalue weighted by Crippen LogP contribution is 2.35. The van der Waals surface area contributed by atoms with Crippen LogP contribution in [-0.4, -0.2) is 24.1 Å². The van der Waals surface area contributed by atoms with E-state index in [9.17, 15) is 0 Å². The molecule has 1 aromatic heterocycles. The van der Waals surface area contributed by atoms with Crippen molar-refractivity contribution >= 4 is 49.3 Å². The minimum Gasteiger partial charge on any atom is -0.495 e. The molecule has 0 atom stereocenters. The van der Waals surface area contributed by atoms with Gasteiger partial charge in [-0.05, 0) is 44.0 Å². The molecule has 5 nitrogen and oxygen atoms in total. The fourth-order valence-corrected chi connectivity index (χ4v) is 2.72. The van der Waals surface area contributed by atoms with Gasteiger partial charge in [-0.2, -0.15) is 4.98 Å². The van der Waals surface area contributed by atoms with E-state index in [1.165, 1.54) is 0 Å². The Kier molecular flexibility index (Phi) is 4.60. The fraction of sp³-hybridized carbons (Fsp3) is 0.167.